The summed E-state index contributed by atoms with van der Waals surface area (Å²) in [5.74, 6) is -0.594. The molecule has 4 rings (SSSR count). The molecule has 28 heavy (non-hydrogen) atoms. The summed E-state index contributed by atoms with van der Waals surface area (Å²) in [5.41, 5.74) is 4.07. The van der Waals surface area contributed by atoms with Gasteiger partial charge < -0.3 is 4.98 Å². The van der Waals surface area contributed by atoms with Crippen LogP contribution in [0.2, 0.25) is 0 Å². The summed E-state index contributed by atoms with van der Waals surface area (Å²) in [4.78, 5) is 29.8. The standard InChI is InChI=1S/C25H21NO2/c1-17-24(20-14-8-9-15-22(20)26-17)21(25(28)19-12-6-3-7-13-19)16-23(27)18-10-4-2-5-11-18/h2-15,21,26H,16H2,1H3/t21-/m0/s1. The maximum atomic E-state index is 13.4. The third-order valence-electron chi connectivity index (χ3n) is 5.15. The minimum atomic E-state index is -0.536. The summed E-state index contributed by atoms with van der Waals surface area (Å²) >= 11 is 0. The Labute approximate surface area is 164 Å². The number of aryl methyl sites for hydroxylation is 1. The second-order valence-electron chi connectivity index (χ2n) is 6.99. The third-order valence-corrected chi connectivity index (χ3v) is 5.15. The van der Waals surface area contributed by atoms with Gasteiger partial charge in [-0.3, -0.25) is 9.59 Å². The second-order valence-corrected chi connectivity index (χ2v) is 6.99. The Morgan fingerprint density at radius 2 is 1.36 bits per heavy atom. The Morgan fingerprint density at radius 1 is 0.786 bits per heavy atom. The van der Waals surface area contributed by atoms with Gasteiger partial charge in [0.15, 0.2) is 11.6 Å². The number of rotatable bonds is 6. The number of para-hydroxylation sites is 1. The molecule has 1 heterocycles. The average Bonchev–Trinajstić information content (AvgIpc) is 3.08. The summed E-state index contributed by atoms with van der Waals surface area (Å²) in [6.07, 6.45) is 0.139. The smallest absolute Gasteiger partial charge is 0.170 e. The second kappa shape index (κ2) is 7.65. The fourth-order valence-electron chi connectivity index (χ4n) is 3.80. The van der Waals surface area contributed by atoms with E-state index in [1.54, 1.807) is 12.1 Å². The molecule has 0 radical (unpaired) electrons. The van der Waals surface area contributed by atoms with Crippen molar-refractivity contribution in [2.24, 2.45) is 0 Å². The van der Waals surface area contributed by atoms with Crippen LogP contribution in [0.25, 0.3) is 10.9 Å². The highest BCUT2D eigenvalue weighted by Gasteiger charge is 2.29. The summed E-state index contributed by atoms with van der Waals surface area (Å²) in [5, 5.41) is 0.996. The van der Waals surface area contributed by atoms with Crippen molar-refractivity contribution in [3.8, 4) is 0 Å². The normalized spacial score (nSPS) is 12.0. The lowest BCUT2D eigenvalue weighted by molar-refractivity contribution is 0.0893. The minimum absolute atomic E-state index is 0.0282. The molecule has 1 atom stereocenters. The van der Waals surface area contributed by atoms with Crippen molar-refractivity contribution in [2.75, 3.05) is 0 Å². The highest BCUT2D eigenvalue weighted by atomic mass is 16.1. The molecule has 0 aliphatic carbocycles. The largest absolute Gasteiger partial charge is 0.358 e. The quantitative estimate of drug-likeness (QED) is 0.443. The van der Waals surface area contributed by atoms with Crippen LogP contribution >= 0.6 is 0 Å². The maximum Gasteiger partial charge on any atom is 0.170 e. The summed E-state index contributed by atoms with van der Waals surface area (Å²) in [6.45, 7) is 1.97. The van der Waals surface area contributed by atoms with E-state index < -0.39 is 5.92 Å². The van der Waals surface area contributed by atoms with Crippen molar-refractivity contribution in [2.45, 2.75) is 19.3 Å². The first-order valence-electron chi connectivity index (χ1n) is 9.40. The number of Topliss-reactive ketones (excluding diaryl/α,β-unsaturated/α-hetero) is 2. The van der Waals surface area contributed by atoms with Gasteiger partial charge in [-0.25, -0.2) is 0 Å². The number of carbonyl (C=O) groups excluding carboxylic acids is 2. The molecule has 0 saturated carbocycles. The van der Waals surface area contributed by atoms with Crippen LogP contribution in [0, 0.1) is 6.92 Å². The van der Waals surface area contributed by atoms with Crippen LogP contribution in [0.15, 0.2) is 84.9 Å². The fraction of sp³-hybridized carbons (Fsp3) is 0.120. The number of ketones is 2. The van der Waals surface area contributed by atoms with E-state index in [1.807, 2.05) is 79.7 Å². The SMILES string of the molecule is Cc1[nH]c2ccccc2c1[C@H](CC(=O)c1ccccc1)C(=O)c1ccccc1. The number of aromatic nitrogens is 1. The number of fused-ring (bicyclic) bond motifs is 1. The zero-order valence-corrected chi connectivity index (χ0v) is 15.7. The summed E-state index contributed by atoms with van der Waals surface area (Å²) in [6, 6.07) is 26.3. The van der Waals surface area contributed by atoms with Crippen LogP contribution in [0.1, 0.15) is 44.3 Å². The van der Waals surface area contributed by atoms with Gasteiger partial charge >= 0.3 is 0 Å². The Hall–Kier alpha value is -3.46. The molecule has 3 heteroatoms. The van der Waals surface area contributed by atoms with Gasteiger partial charge in [0.05, 0.1) is 5.92 Å². The predicted molar refractivity (Wildman–Crippen MR) is 112 cm³/mol. The van der Waals surface area contributed by atoms with Crippen molar-refractivity contribution < 1.29 is 9.59 Å². The molecule has 3 nitrogen and oxygen atoms in total. The predicted octanol–water partition coefficient (Wildman–Crippen LogP) is 5.72. The van der Waals surface area contributed by atoms with E-state index in [4.69, 9.17) is 0 Å². The molecule has 0 spiro atoms. The van der Waals surface area contributed by atoms with Gasteiger partial charge in [-0.15, -0.1) is 0 Å². The molecular formula is C25H21NO2. The molecule has 0 saturated heterocycles. The van der Waals surface area contributed by atoms with Crippen LogP contribution < -0.4 is 0 Å². The minimum Gasteiger partial charge on any atom is -0.358 e. The molecule has 0 aliphatic rings. The molecule has 1 aromatic heterocycles. The molecule has 138 valence electrons. The van der Waals surface area contributed by atoms with Gasteiger partial charge in [0, 0.05) is 34.1 Å². The van der Waals surface area contributed by atoms with Crippen LogP contribution in [-0.2, 0) is 0 Å². The lowest BCUT2D eigenvalue weighted by Crippen LogP contribution is -2.18. The Balaban J connectivity index is 1.80. The molecular weight excluding hydrogens is 346 g/mol. The van der Waals surface area contributed by atoms with E-state index in [2.05, 4.69) is 4.98 Å². The number of aromatic amines is 1. The van der Waals surface area contributed by atoms with Crippen molar-refractivity contribution in [3.63, 3.8) is 0 Å². The van der Waals surface area contributed by atoms with E-state index in [1.165, 1.54) is 0 Å². The third kappa shape index (κ3) is 3.39. The van der Waals surface area contributed by atoms with Crippen molar-refractivity contribution >= 4 is 22.5 Å². The lowest BCUT2D eigenvalue weighted by atomic mass is 9.84. The highest BCUT2D eigenvalue weighted by molar-refractivity contribution is 6.08. The molecule has 0 unspecified atom stereocenters. The fourth-order valence-corrected chi connectivity index (χ4v) is 3.80. The molecule has 0 aliphatic heterocycles. The molecule has 4 aromatic rings. The Morgan fingerprint density at radius 3 is 2.04 bits per heavy atom. The van der Waals surface area contributed by atoms with E-state index in [9.17, 15) is 9.59 Å². The van der Waals surface area contributed by atoms with E-state index in [0.29, 0.717) is 11.1 Å². The van der Waals surface area contributed by atoms with Crippen LogP contribution in [0.3, 0.4) is 0 Å². The van der Waals surface area contributed by atoms with Crippen molar-refractivity contribution in [1.82, 2.24) is 4.98 Å². The number of benzene rings is 3. The zero-order chi connectivity index (χ0) is 19.5. The topological polar surface area (TPSA) is 49.9 Å². The average molecular weight is 367 g/mol. The van der Waals surface area contributed by atoms with Gasteiger partial charge in [0.1, 0.15) is 0 Å². The molecule has 1 N–H and O–H groups in total. The number of hydrogen-bond donors (Lipinski definition) is 1. The lowest BCUT2D eigenvalue weighted by Gasteiger charge is -2.17. The first kappa shape index (κ1) is 17.9. The first-order valence-corrected chi connectivity index (χ1v) is 9.40. The van der Waals surface area contributed by atoms with Gasteiger partial charge in [-0.2, -0.15) is 0 Å². The molecule has 0 fully saturated rings. The first-order chi connectivity index (χ1) is 13.6. The monoisotopic (exact) mass is 367 g/mol. The van der Waals surface area contributed by atoms with Crippen LogP contribution in [0.5, 0.6) is 0 Å². The van der Waals surface area contributed by atoms with Crippen molar-refractivity contribution in [1.29, 1.82) is 0 Å². The highest BCUT2D eigenvalue weighted by Crippen LogP contribution is 2.34. The Kier molecular flexibility index (Phi) is 4.90. The number of hydrogen-bond acceptors (Lipinski definition) is 2. The zero-order valence-electron chi connectivity index (χ0n) is 15.7. The van der Waals surface area contributed by atoms with Gasteiger partial charge in [0.2, 0.25) is 0 Å². The molecule has 0 bridgehead atoms. The number of carbonyl (C=O) groups is 2. The van der Waals surface area contributed by atoms with Gasteiger partial charge in [-0.1, -0.05) is 78.9 Å². The van der Waals surface area contributed by atoms with Gasteiger partial charge in [-0.05, 0) is 18.6 Å². The maximum absolute atomic E-state index is 13.4. The number of nitrogens with one attached hydrogen (secondary N) is 1. The molecule has 3 aromatic carbocycles. The number of H-pyrrole nitrogens is 1. The molecule has 0 amide bonds. The Bertz CT molecular complexity index is 1130. The van der Waals surface area contributed by atoms with Crippen LogP contribution in [0.4, 0.5) is 0 Å². The van der Waals surface area contributed by atoms with Gasteiger partial charge in [0.25, 0.3) is 0 Å². The van der Waals surface area contributed by atoms with E-state index >= 15 is 0 Å². The van der Waals surface area contributed by atoms with E-state index in [0.717, 1.165) is 22.2 Å². The summed E-state index contributed by atoms with van der Waals surface area (Å²) < 4.78 is 0. The van der Waals surface area contributed by atoms with Crippen LogP contribution in [-0.4, -0.2) is 16.6 Å². The summed E-state index contributed by atoms with van der Waals surface area (Å²) in [7, 11) is 0. The van der Waals surface area contributed by atoms with E-state index in [-0.39, 0.29) is 18.0 Å². The van der Waals surface area contributed by atoms with Crippen molar-refractivity contribution in [3.05, 3.63) is 107 Å².